The minimum absolute atomic E-state index is 0.585. The number of aromatic nitrogens is 4. The normalized spacial score (nSPS) is 19.8. The van der Waals surface area contributed by atoms with Gasteiger partial charge in [0.05, 0.1) is 5.69 Å². The summed E-state index contributed by atoms with van der Waals surface area (Å²) in [6.07, 6.45) is 5.45. The molecule has 4 heteroatoms. The van der Waals surface area contributed by atoms with Gasteiger partial charge in [-0.3, -0.25) is 4.68 Å². The maximum absolute atomic E-state index is 4.72. The number of hydrogen-bond acceptors (Lipinski definition) is 2. The Morgan fingerprint density at radius 3 is 3.06 bits per heavy atom. The highest BCUT2D eigenvalue weighted by atomic mass is 15.3. The van der Waals surface area contributed by atoms with Gasteiger partial charge in [-0.1, -0.05) is 6.92 Å². The van der Waals surface area contributed by atoms with Crippen molar-refractivity contribution in [1.29, 1.82) is 0 Å². The first-order valence-electron chi connectivity index (χ1n) is 5.83. The van der Waals surface area contributed by atoms with Gasteiger partial charge < -0.3 is 4.98 Å². The maximum atomic E-state index is 4.72. The van der Waals surface area contributed by atoms with Crippen LogP contribution in [-0.4, -0.2) is 19.7 Å². The van der Waals surface area contributed by atoms with Crippen molar-refractivity contribution in [3.8, 4) is 11.5 Å². The smallest absolute Gasteiger partial charge is 0.156 e. The zero-order chi connectivity index (χ0) is 11.1. The number of fused-ring (bicyclic) bond motifs is 1. The van der Waals surface area contributed by atoms with Crippen LogP contribution >= 0.6 is 0 Å². The second kappa shape index (κ2) is 3.47. The van der Waals surface area contributed by atoms with Crippen LogP contribution in [-0.2, 0) is 13.5 Å². The average molecular weight is 216 g/mol. The van der Waals surface area contributed by atoms with Crippen LogP contribution < -0.4 is 0 Å². The maximum Gasteiger partial charge on any atom is 0.156 e. The largest absolute Gasteiger partial charge is 0.340 e. The van der Waals surface area contributed by atoms with E-state index < -0.39 is 0 Å². The predicted octanol–water partition coefficient (Wildman–Crippen LogP) is 2.25. The van der Waals surface area contributed by atoms with Crippen molar-refractivity contribution in [2.24, 2.45) is 7.05 Å². The Balaban J connectivity index is 2.08. The van der Waals surface area contributed by atoms with Crippen LogP contribution in [0.4, 0.5) is 0 Å². The summed E-state index contributed by atoms with van der Waals surface area (Å²) in [5.41, 5.74) is 3.62. The lowest BCUT2D eigenvalue weighted by atomic mass is 9.92. The van der Waals surface area contributed by atoms with Gasteiger partial charge in [0.1, 0.15) is 5.69 Å². The summed E-state index contributed by atoms with van der Waals surface area (Å²) in [6, 6.07) is 1.99. The number of nitrogens with zero attached hydrogens (tertiary/aromatic N) is 3. The summed E-state index contributed by atoms with van der Waals surface area (Å²) in [4.78, 5) is 8.15. The predicted molar refractivity (Wildman–Crippen MR) is 62.1 cm³/mol. The van der Waals surface area contributed by atoms with E-state index in [9.17, 15) is 0 Å². The molecule has 0 aliphatic heterocycles. The van der Waals surface area contributed by atoms with Crippen LogP contribution in [0.5, 0.6) is 0 Å². The van der Waals surface area contributed by atoms with Gasteiger partial charge >= 0.3 is 0 Å². The van der Waals surface area contributed by atoms with Crippen LogP contribution in [0.25, 0.3) is 11.5 Å². The van der Waals surface area contributed by atoms with Crippen molar-refractivity contribution >= 4 is 0 Å². The number of rotatable bonds is 1. The molecule has 0 fully saturated rings. The minimum Gasteiger partial charge on any atom is -0.340 e. The molecule has 0 saturated heterocycles. The van der Waals surface area contributed by atoms with Crippen molar-refractivity contribution in [2.75, 3.05) is 0 Å². The molecule has 0 saturated carbocycles. The number of aromatic amines is 1. The Morgan fingerprint density at radius 1 is 1.50 bits per heavy atom. The Morgan fingerprint density at radius 2 is 2.38 bits per heavy atom. The van der Waals surface area contributed by atoms with Gasteiger partial charge in [-0.05, 0) is 25.3 Å². The fourth-order valence-corrected chi connectivity index (χ4v) is 2.47. The Hall–Kier alpha value is -1.58. The second-order valence-corrected chi connectivity index (χ2v) is 4.58. The first kappa shape index (κ1) is 9.63. The van der Waals surface area contributed by atoms with Gasteiger partial charge in [0, 0.05) is 24.9 Å². The van der Waals surface area contributed by atoms with E-state index in [4.69, 9.17) is 4.98 Å². The van der Waals surface area contributed by atoms with Crippen molar-refractivity contribution in [2.45, 2.75) is 32.1 Å². The van der Waals surface area contributed by atoms with Crippen molar-refractivity contribution in [3.63, 3.8) is 0 Å². The number of hydrogen-bond donors (Lipinski definition) is 1. The summed E-state index contributed by atoms with van der Waals surface area (Å²) in [7, 11) is 1.94. The quantitative estimate of drug-likeness (QED) is 0.794. The Bertz CT molecular complexity index is 509. The van der Waals surface area contributed by atoms with Gasteiger partial charge in [0.25, 0.3) is 0 Å². The van der Waals surface area contributed by atoms with Crippen molar-refractivity contribution < 1.29 is 0 Å². The lowest BCUT2D eigenvalue weighted by Gasteiger charge is -2.15. The Labute approximate surface area is 94.7 Å². The molecule has 16 heavy (non-hydrogen) atoms. The third kappa shape index (κ3) is 1.37. The molecule has 84 valence electrons. The highest BCUT2D eigenvalue weighted by Crippen LogP contribution is 2.31. The van der Waals surface area contributed by atoms with E-state index in [2.05, 4.69) is 17.0 Å². The van der Waals surface area contributed by atoms with Crippen molar-refractivity contribution in [3.05, 3.63) is 23.7 Å². The highest BCUT2D eigenvalue weighted by molar-refractivity contribution is 5.51. The molecule has 0 spiro atoms. The molecule has 3 rings (SSSR count). The first-order chi connectivity index (χ1) is 7.75. The van der Waals surface area contributed by atoms with Gasteiger partial charge in [0.2, 0.25) is 0 Å². The molecule has 2 aromatic heterocycles. The standard InChI is InChI=1S/C12H16N4/c1-8-4-3-5-9-11(8)15-12(14-9)10-6-7-13-16(10)2/h6-8H,3-5H2,1-2H3,(H,14,15). The lowest BCUT2D eigenvalue weighted by Crippen LogP contribution is -2.05. The molecule has 0 aromatic carbocycles. The molecular weight excluding hydrogens is 200 g/mol. The molecule has 0 bridgehead atoms. The molecule has 0 radical (unpaired) electrons. The van der Waals surface area contributed by atoms with E-state index >= 15 is 0 Å². The summed E-state index contributed by atoms with van der Waals surface area (Å²) >= 11 is 0. The fraction of sp³-hybridized carbons (Fsp3) is 0.500. The van der Waals surface area contributed by atoms with E-state index in [0.717, 1.165) is 17.9 Å². The topological polar surface area (TPSA) is 46.5 Å². The molecule has 0 amide bonds. The van der Waals surface area contributed by atoms with Crippen LogP contribution in [0.2, 0.25) is 0 Å². The van der Waals surface area contributed by atoms with Gasteiger partial charge in [-0.15, -0.1) is 0 Å². The SMILES string of the molecule is CC1CCCc2[nH]c(-c3ccnn3C)nc21. The molecule has 4 nitrogen and oxygen atoms in total. The number of H-pyrrole nitrogens is 1. The van der Waals surface area contributed by atoms with Crippen LogP contribution in [0.3, 0.4) is 0 Å². The molecule has 1 N–H and O–H groups in total. The summed E-state index contributed by atoms with van der Waals surface area (Å²) < 4.78 is 1.86. The third-order valence-corrected chi connectivity index (χ3v) is 3.40. The van der Waals surface area contributed by atoms with Crippen LogP contribution in [0, 0.1) is 0 Å². The number of aryl methyl sites for hydroxylation is 2. The molecule has 1 aliphatic carbocycles. The van der Waals surface area contributed by atoms with E-state index in [-0.39, 0.29) is 0 Å². The van der Waals surface area contributed by atoms with Crippen molar-refractivity contribution in [1.82, 2.24) is 19.7 Å². The second-order valence-electron chi connectivity index (χ2n) is 4.58. The first-order valence-corrected chi connectivity index (χ1v) is 5.83. The molecule has 2 aromatic rings. The lowest BCUT2D eigenvalue weighted by molar-refractivity contribution is 0.574. The van der Waals surface area contributed by atoms with E-state index in [1.165, 1.54) is 24.2 Å². The van der Waals surface area contributed by atoms with Gasteiger partial charge in [0.15, 0.2) is 5.82 Å². The fourth-order valence-electron chi connectivity index (χ4n) is 2.47. The average Bonchev–Trinajstić information content (AvgIpc) is 2.84. The zero-order valence-electron chi connectivity index (χ0n) is 9.70. The zero-order valence-corrected chi connectivity index (χ0v) is 9.70. The van der Waals surface area contributed by atoms with E-state index in [0.29, 0.717) is 5.92 Å². The van der Waals surface area contributed by atoms with E-state index in [1.807, 2.05) is 17.8 Å². The molecule has 1 unspecified atom stereocenters. The monoisotopic (exact) mass is 216 g/mol. The molecule has 1 aliphatic rings. The van der Waals surface area contributed by atoms with Crippen LogP contribution in [0.15, 0.2) is 12.3 Å². The number of imidazole rings is 1. The number of nitrogens with one attached hydrogen (secondary N) is 1. The summed E-state index contributed by atoms with van der Waals surface area (Å²) in [6.45, 7) is 2.26. The molecule has 1 atom stereocenters. The van der Waals surface area contributed by atoms with Gasteiger partial charge in [-0.2, -0.15) is 5.10 Å². The highest BCUT2D eigenvalue weighted by Gasteiger charge is 2.21. The minimum atomic E-state index is 0.585. The third-order valence-electron chi connectivity index (χ3n) is 3.40. The van der Waals surface area contributed by atoms with Gasteiger partial charge in [-0.25, -0.2) is 4.98 Å². The molecule has 2 heterocycles. The van der Waals surface area contributed by atoms with Crippen LogP contribution in [0.1, 0.15) is 37.1 Å². The summed E-state index contributed by atoms with van der Waals surface area (Å²) in [5, 5.41) is 4.17. The Kier molecular flexibility index (Phi) is 2.09. The summed E-state index contributed by atoms with van der Waals surface area (Å²) in [5.74, 6) is 1.54. The van der Waals surface area contributed by atoms with E-state index in [1.54, 1.807) is 6.20 Å². The molecular formula is C12H16N4.